The van der Waals surface area contributed by atoms with Gasteiger partial charge in [0.1, 0.15) is 5.82 Å². The van der Waals surface area contributed by atoms with Crippen LogP contribution in [-0.2, 0) is 4.79 Å². The molecule has 2 aliphatic rings. The van der Waals surface area contributed by atoms with Gasteiger partial charge >= 0.3 is 0 Å². The molecule has 30 heavy (non-hydrogen) atoms. The molecule has 2 N–H and O–H groups in total. The molecule has 0 saturated carbocycles. The molecule has 152 valence electrons. The zero-order chi connectivity index (χ0) is 20.7. The Morgan fingerprint density at radius 1 is 1.13 bits per heavy atom. The molecule has 2 aliphatic heterocycles. The first-order chi connectivity index (χ1) is 14.6. The Bertz CT molecular complexity index is 1200. The Balaban J connectivity index is 1.50. The number of fused-ring (bicyclic) bond motifs is 1. The number of amides is 2. The van der Waals surface area contributed by atoms with Gasteiger partial charge < -0.3 is 10.2 Å². The minimum atomic E-state index is -0.441. The molecule has 5 rings (SSSR count). The number of imide groups is 1. The first-order valence-electron chi connectivity index (χ1n) is 9.44. The molecule has 0 aliphatic carbocycles. The van der Waals surface area contributed by atoms with Gasteiger partial charge in [0.2, 0.25) is 0 Å². The number of hydrogen-bond donors (Lipinski definition) is 2. The van der Waals surface area contributed by atoms with E-state index in [4.69, 9.17) is 0 Å². The molecule has 0 spiro atoms. The maximum absolute atomic E-state index is 14.9. The monoisotopic (exact) mass is 424 g/mol. The average molecular weight is 424 g/mol. The van der Waals surface area contributed by atoms with E-state index in [0.29, 0.717) is 28.3 Å². The van der Waals surface area contributed by atoms with Gasteiger partial charge in [-0.15, -0.1) is 0 Å². The van der Waals surface area contributed by atoms with E-state index in [2.05, 4.69) is 20.7 Å². The molecule has 2 aromatic heterocycles. The Morgan fingerprint density at radius 2 is 1.97 bits per heavy atom. The van der Waals surface area contributed by atoms with Gasteiger partial charge in [0.25, 0.3) is 11.1 Å². The Labute approximate surface area is 175 Å². The Kier molecular flexibility index (Phi) is 4.72. The number of hydrogen-bond acceptors (Lipinski definition) is 7. The minimum Gasteiger partial charge on any atom is -0.367 e. The van der Waals surface area contributed by atoms with Gasteiger partial charge in [0.05, 0.1) is 28.2 Å². The summed E-state index contributed by atoms with van der Waals surface area (Å²) in [5.74, 6) is -0.733. The predicted octanol–water partition coefficient (Wildman–Crippen LogP) is 2.27. The second kappa shape index (κ2) is 7.54. The molecule has 0 radical (unpaired) electrons. The third-order valence-electron chi connectivity index (χ3n) is 5.01. The van der Waals surface area contributed by atoms with Crippen molar-refractivity contribution < 1.29 is 14.0 Å². The van der Waals surface area contributed by atoms with E-state index in [1.807, 2.05) is 11.0 Å². The average Bonchev–Trinajstić information content (AvgIpc) is 3.30. The number of nitrogens with zero attached hydrogens (tertiary/aromatic N) is 4. The lowest BCUT2D eigenvalue weighted by molar-refractivity contribution is -0.115. The summed E-state index contributed by atoms with van der Waals surface area (Å²) in [7, 11) is 0. The summed E-state index contributed by atoms with van der Waals surface area (Å²) in [5, 5.41) is 9.58. The molecule has 2 amide bonds. The van der Waals surface area contributed by atoms with E-state index in [-0.39, 0.29) is 10.7 Å². The highest BCUT2D eigenvalue weighted by Crippen LogP contribution is 2.28. The van der Waals surface area contributed by atoms with E-state index in [9.17, 15) is 14.0 Å². The van der Waals surface area contributed by atoms with Crippen LogP contribution >= 0.6 is 11.8 Å². The molecule has 4 heterocycles. The number of rotatable bonds is 3. The van der Waals surface area contributed by atoms with Crippen molar-refractivity contribution >= 4 is 40.3 Å². The molecular formula is C20H17FN6O2S. The van der Waals surface area contributed by atoms with Crippen molar-refractivity contribution in [3.63, 3.8) is 0 Å². The Morgan fingerprint density at radius 3 is 2.70 bits per heavy atom. The van der Waals surface area contributed by atoms with Crippen molar-refractivity contribution in [3.05, 3.63) is 52.9 Å². The molecule has 3 aromatic rings. The predicted molar refractivity (Wildman–Crippen MR) is 113 cm³/mol. The van der Waals surface area contributed by atoms with E-state index in [1.54, 1.807) is 35.0 Å². The molecule has 2 saturated heterocycles. The lowest BCUT2D eigenvalue weighted by Crippen LogP contribution is -2.43. The highest BCUT2D eigenvalue weighted by Gasteiger charge is 2.25. The van der Waals surface area contributed by atoms with Crippen LogP contribution in [0.2, 0.25) is 0 Å². The number of carbonyl (C=O) groups excluding carboxylic acids is 2. The van der Waals surface area contributed by atoms with Gasteiger partial charge in [-0.25, -0.2) is 13.9 Å². The van der Waals surface area contributed by atoms with Crippen molar-refractivity contribution in [1.82, 2.24) is 25.2 Å². The SMILES string of the molecule is O=C1NC(=O)/C(=C/c2ccc3ncc(-c4ccc(N5CCNCC5)c(F)c4)n3n2)S1. The molecule has 8 nitrogen and oxygen atoms in total. The second-order valence-electron chi connectivity index (χ2n) is 6.93. The number of aromatic nitrogens is 3. The highest BCUT2D eigenvalue weighted by atomic mass is 32.2. The fourth-order valence-corrected chi connectivity index (χ4v) is 4.21. The maximum atomic E-state index is 14.9. The highest BCUT2D eigenvalue weighted by molar-refractivity contribution is 8.18. The van der Waals surface area contributed by atoms with E-state index in [0.717, 1.165) is 37.9 Å². The van der Waals surface area contributed by atoms with Crippen molar-refractivity contribution in [1.29, 1.82) is 0 Å². The Hall–Kier alpha value is -3.24. The van der Waals surface area contributed by atoms with Crippen molar-refractivity contribution in [2.75, 3.05) is 31.1 Å². The van der Waals surface area contributed by atoms with Crippen LogP contribution in [0.15, 0.2) is 41.4 Å². The van der Waals surface area contributed by atoms with Gasteiger partial charge in [0.15, 0.2) is 5.65 Å². The van der Waals surface area contributed by atoms with Crippen LogP contribution in [0.4, 0.5) is 14.9 Å². The number of thioether (sulfide) groups is 1. The van der Waals surface area contributed by atoms with Crippen molar-refractivity contribution in [2.24, 2.45) is 0 Å². The zero-order valence-electron chi connectivity index (χ0n) is 15.8. The fourth-order valence-electron chi connectivity index (χ4n) is 3.55. The number of benzene rings is 1. The first kappa shape index (κ1) is 18.8. The van der Waals surface area contributed by atoms with Crippen LogP contribution in [0, 0.1) is 5.82 Å². The van der Waals surface area contributed by atoms with E-state index < -0.39 is 11.1 Å². The summed E-state index contributed by atoms with van der Waals surface area (Å²) in [6.07, 6.45) is 3.18. The summed E-state index contributed by atoms with van der Waals surface area (Å²) in [6.45, 7) is 3.19. The summed E-state index contributed by atoms with van der Waals surface area (Å²) in [6, 6.07) is 8.60. The minimum absolute atomic E-state index is 0.278. The fraction of sp³-hybridized carbons (Fsp3) is 0.200. The summed E-state index contributed by atoms with van der Waals surface area (Å²) in [5.41, 5.74) is 2.96. The van der Waals surface area contributed by atoms with Gasteiger partial charge in [-0.2, -0.15) is 5.10 Å². The van der Waals surface area contributed by atoms with Crippen molar-refractivity contribution in [3.8, 4) is 11.3 Å². The number of nitrogens with one attached hydrogen (secondary N) is 2. The van der Waals surface area contributed by atoms with Gasteiger partial charge in [-0.05, 0) is 42.1 Å². The number of imidazole rings is 1. The topological polar surface area (TPSA) is 91.6 Å². The van der Waals surface area contributed by atoms with Gasteiger partial charge in [0, 0.05) is 31.7 Å². The number of piperazine rings is 1. The van der Waals surface area contributed by atoms with Crippen LogP contribution in [0.5, 0.6) is 0 Å². The number of anilines is 1. The number of halogens is 1. The maximum Gasteiger partial charge on any atom is 0.290 e. The van der Waals surface area contributed by atoms with Crippen LogP contribution in [0.1, 0.15) is 5.69 Å². The summed E-state index contributed by atoms with van der Waals surface area (Å²) in [4.78, 5) is 29.8. The first-order valence-corrected chi connectivity index (χ1v) is 10.3. The van der Waals surface area contributed by atoms with Crippen LogP contribution in [-0.4, -0.2) is 51.9 Å². The molecule has 2 fully saturated rings. The van der Waals surface area contributed by atoms with E-state index in [1.165, 1.54) is 6.07 Å². The largest absolute Gasteiger partial charge is 0.367 e. The smallest absolute Gasteiger partial charge is 0.290 e. The molecule has 0 atom stereocenters. The van der Waals surface area contributed by atoms with E-state index >= 15 is 0 Å². The normalized spacial score (nSPS) is 18.4. The molecule has 0 bridgehead atoms. The van der Waals surface area contributed by atoms with Crippen molar-refractivity contribution in [2.45, 2.75) is 0 Å². The van der Waals surface area contributed by atoms with Crippen LogP contribution in [0.3, 0.4) is 0 Å². The molecule has 0 unspecified atom stereocenters. The third-order valence-corrected chi connectivity index (χ3v) is 5.82. The van der Waals surface area contributed by atoms with Crippen LogP contribution in [0.25, 0.3) is 23.0 Å². The molecule has 10 heteroatoms. The number of carbonyl (C=O) groups is 2. The standard InChI is InChI=1S/C20H17FN6O2S/c21-14-9-12(1-3-15(14)26-7-5-22-6-8-26)16-11-23-18-4-2-13(25-27(16)18)10-17-19(28)24-20(29)30-17/h1-4,9-11,22H,5-8H2,(H,24,28,29)/b17-10-. The second-order valence-corrected chi connectivity index (χ2v) is 7.94. The molecular weight excluding hydrogens is 407 g/mol. The third kappa shape index (κ3) is 3.44. The summed E-state index contributed by atoms with van der Waals surface area (Å²) < 4.78 is 16.5. The van der Waals surface area contributed by atoms with Gasteiger partial charge in [-0.3, -0.25) is 14.9 Å². The lowest BCUT2D eigenvalue weighted by Gasteiger charge is -2.29. The zero-order valence-corrected chi connectivity index (χ0v) is 16.6. The van der Waals surface area contributed by atoms with Gasteiger partial charge in [-0.1, -0.05) is 6.07 Å². The lowest BCUT2D eigenvalue weighted by atomic mass is 10.1. The van der Waals surface area contributed by atoms with Crippen LogP contribution < -0.4 is 15.5 Å². The molecule has 1 aromatic carbocycles. The summed E-state index contributed by atoms with van der Waals surface area (Å²) >= 11 is 0.832. The quantitative estimate of drug-likeness (QED) is 0.623.